The number of hydrogen-bond acceptors (Lipinski definition) is 3. The average molecular weight is 481 g/mol. The van der Waals surface area contributed by atoms with Crippen molar-refractivity contribution in [3.8, 4) is 0 Å². The number of fused-ring (bicyclic) bond motifs is 1. The van der Waals surface area contributed by atoms with Gasteiger partial charge in [0.1, 0.15) is 11.0 Å². The van der Waals surface area contributed by atoms with E-state index < -0.39 is 7.49 Å². The predicted octanol–water partition coefficient (Wildman–Crippen LogP) is 5.62. The molecular weight excluding hydrogens is 449 g/mol. The third-order valence-electron chi connectivity index (χ3n) is 6.78. The molecule has 0 saturated heterocycles. The zero-order chi connectivity index (χ0) is 24.7. The van der Waals surface area contributed by atoms with Crippen molar-refractivity contribution in [3.05, 3.63) is 112 Å². The Kier molecular flexibility index (Phi) is 5.94. The fourth-order valence-electron chi connectivity index (χ4n) is 5.39. The van der Waals surface area contributed by atoms with Crippen molar-refractivity contribution in [1.82, 2.24) is 15.2 Å². The lowest BCUT2D eigenvalue weighted by molar-refractivity contribution is 0.265. The van der Waals surface area contributed by atoms with Gasteiger partial charge in [-0.15, -0.1) is 5.10 Å². The molecule has 0 bridgehead atoms. The zero-order valence-corrected chi connectivity index (χ0v) is 22.1. The van der Waals surface area contributed by atoms with Crippen molar-refractivity contribution < 1.29 is 4.62 Å². The molecule has 0 aliphatic rings. The lowest BCUT2D eigenvalue weighted by Crippen LogP contribution is -2.44. The Balaban J connectivity index is 2.00. The Bertz CT molecular complexity index is 1370. The van der Waals surface area contributed by atoms with Gasteiger partial charge in [0, 0.05) is 0 Å². The van der Waals surface area contributed by atoms with Gasteiger partial charge in [-0.1, -0.05) is 66.7 Å². The highest BCUT2D eigenvalue weighted by Crippen LogP contribution is 2.57. The van der Waals surface area contributed by atoms with Gasteiger partial charge in [-0.25, -0.2) is 4.62 Å². The summed E-state index contributed by atoms with van der Waals surface area (Å²) >= 11 is 0. The van der Waals surface area contributed by atoms with Crippen LogP contribution in [0, 0.1) is 41.5 Å². The van der Waals surface area contributed by atoms with Crippen LogP contribution in [0.2, 0.25) is 0 Å². The summed E-state index contributed by atoms with van der Waals surface area (Å²) in [7, 11) is -2.71. The smallest absolute Gasteiger partial charge is 0.227 e. The highest BCUT2D eigenvalue weighted by atomic mass is 31.2. The standard InChI is InChI=1S/C30H31N3OP/c1-20-12-9-13-21(2)28(20)35(29-22(3)14-10-15-23(29)4,30-24(5)16-11-17-25(30)6)34-33-27-19-8-7-18-26(27)31-32-33/h7-19H,1-6H3/q+1. The molecule has 0 aliphatic carbocycles. The van der Waals surface area contributed by atoms with Crippen LogP contribution in [0.25, 0.3) is 11.0 Å². The Labute approximate surface area is 208 Å². The number of aromatic nitrogens is 3. The summed E-state index contributed by atoms with van der Waals surface area (Å²) in [6, 6.07) is 27.5. The Morgan fingerprint density at radius 1 is 0.543 bits per heavy atom. The lowest BCUT2D eigenvalue weighted by Gasteiger charge is -2.31. The number of benzene rings is 4. The number of nitrogens with zero attached hydrogens (tertiary/aromatic N) is 3. The molecule has 5 rings (SSSR count). The van der Waals surface area contributed by atoms with E-state index in [9.17, 15) is 0 Å². The molecule has 0 radical (unpaired) electrons. The van der Waals surface area contributed by atoms with Crippen molar-refractivity contribution in [2.75, 3.05) is 0 Å². The largest absolute Gasteiger partial charge is 0.321 e. The maximum atomic E-state index is 7.35. The fraction of sp³-hybridized carbons (Fsp3) is 0.200. The van der Waals surface area contributed by atoms with Crippen LogP contribution in [0.5, 0.6) is 0 Å². The normalized spacial score (nSPS) is 11.7. The van der Waals surface area contributed by atoms with Gasteiger partial charge >= 0.3 is 7.49 Å². The minimum atomic E-state index is -2.71. The second-order valence-electron chi connectivity index (χ2n) is 9.36. The molecule has 1 heterocycles. The fourth-order valence-corrected chi connectivity index (χ4v) is 10.1. The van der Waals surface area contributed by atoms with Crippen LogP contribution in [0.4, 0.5) is 0 Å². The first-order valence-electron chi connectivity index (χ1n) is 11.9. The van der Waals surface area contributed by atoms with Crippen molar-refractivity contribution in [3.63, 3.8) is 0 Å². The SMILES string of the molecule is Cc1cccc(C)c1[P+](On1nnc2ccccc21)(c1c(C)cccc1C)c1c(C)cccc1C. The van der Waals surface area contributed by atoms with Gasteiger partial charge in [-0.3, -0.25) is 0 Å². The molecule has 1 aromatic heterocycles. The van der Waals surface area contributed by atoms with Crippen molar-refractivity contribution >= 4 is 34.4 Å². The third-order valence-corrected chi connectivity index (χ3v) is 11.2. The maximum absolute atomic E-state index is 7.35. The van der Waals surface area contributed by atoms with Gasteiger partial charge in [0.2, 0.25) is 0 Å². The van der Waals surface area contributed by atoms with Crippen LogP contribution < -0.4 is 20.5 Å². The molecule has 35 heavy (non-hydrogen) atoms. The molecule has 0 fully saturated rings. The first kappa shape index (κ1) is 23.3. The molecule has 0 saturated carbocycles. The Morgan fingerprint density at radius 3 is 1.37 bits per heavy atom. The average Bonchev–Trinajstić information content (AvgIpc) is 3.21. The minimum Gasteiger partial charge on any atom is -0.227 e. The monoisotopic (exact) mass is 480 g/mol. The molecule has 4 nitrogen and oxygen atoms in total. The molecular formula is C30H31N3OP+. The van der Waals surface area contributed by atoms with Crippen LogP contribution in [-0.4, -0.2) is 15.2 Å². The first-order chi connectivity index (χ1) is 16.8. The minimum absolute atomic E-state index is 0.815. The van der Waals surface area contributed by atoms with Gasteiger partial charge in [0.15, 0.2) is 15.9 Å². The molecule has 4 aromatic carbocycles. The van der Waals surface area contributed by atoms with E-state index >= 15 is 0 Å². The quantitative estimate of drug-likeness (QED) is 0.307. The summed E-state index contributed by atoms with van der Waals surface area (Å²) in [4.78, 5) is 1.66. The van der Waals surface area contributed by atoms with Gasteiger partial charge in [0.25, 0.3) is 0 Å². The van der Waals surface area contributed by atoms with E-state index in [1.807, 2.05) is 24.3 Å². The van der Waals surface area contributed by atoms with E-state index in [-0.39, 0.29) is 0 Å². The summed E-state index contributed by atoms with van der Waals surface area (Å²) in [5.41, 5.74) is 8.97. The molecule has 0 N–H and O–H groups in total. The molecule has 0 amide bonds. The van der Waals surface area contributed by atoms with Gasteiger partial charge < -0.3 is 0 Å². The summed E-state index contributed by atoms with van der Waals surface area (Å²) < 4.78 is 7.35. The lowest BCUT2D eigenvalue weighted by atomic mass is 10.1. The van der Waals surface area contributed by atoms with Gasteiger partial charge in [0.05, 0.1) is 0 Å². The predicted molar refractivity (Wildman–Crippen MR) is 148 cm³/mol. The van der Waals surface area contributed by atoms with E-state index in [0.29, 0.717) is 0 Å². The summed E-state index contributed by atoms with van der Waals surface area (Å²) in [5, 5.41) is 12.7. The Morgan fingerprint density at radius 2 is 0.943 bits per heavy atom. The van der Waals surface area contributed by atoms with Gasteiger partial charge in [-0.2, -0.15) is 0 Å². The van der Waals surface area contributed by atoms with Crippen molar-refractivity contribution in [2.24, 2.45) is 0 Å². The molecule has 0 atom stereocenters. The van der Waals surface area contributed by atoms with E-state index in [4.69, 9.17) is 4.62 Å². The molecule has 0 unspecified atom stereocenters. The topological polar surface area (TPSA) is 39.9 Å². The third kappa shape index (κ3) is 3.73. The van der Waals surface area contributed by atoms with Crippen molar-refractivity contribution in [1.29, 1.82) is 0 Å². The summed E-state index contributed by atoms with van der Waals surface area (Å²) in [5.74, 6) is 0. The number of aryl methyl sites for hydroxylation is 6. The van der Waals surface area contributed by atoms with Crippen LogP contribution >= 0.6 is 7.49 Å². The molecule has 0 spiro atoms. The van der Waals surface area contributed by atoms with Crippen LogP contribution in [0.1, 0.15) is 33.4 Å². The van der Waals surface area contributed by atoms with Crippen molar-refractivity contribution in [2.45, 2.75) is 41.5 Å². The summed E-state index contributed by atoms with van der Waals surface area (Å²) in [6.45, 7) is 13.2. The molecule has 5 aromatic rings. The molecule has 176 valence electrons. The summed E-state index contributed by atoms with van der Waals surface area (Å²) in [6.07, 6.45) is 0. The second-order valence-corrected chi connectivity index (χ2v) is 12.1. The van der Waals surface area contributed by atoms with Crippen LogP contribution in [-0.2, 0) is 0 Å². The number of hydrogen-bond donors (Lipinski definition) is 0. The van der Waals surface area contributed by atoms with Crippen LogP contribution in [0.15, 0.2) is 78.9 Å². The highest BCUT2D eigenvalue weighted by molar-refractivity contribution is 7.92. The van der Waals surface area contributed by atoms with E-state index in [2.05, 4.69) is 106 Å². The van der Waals surface area contributed by atoms with E-state index in [0.717, 1.165) is 11.0 Å². The molecule has 0 aliphatic heterocycles. The molecule has 5 heteroatoms. The number of rotatable bonds is 5. The van der Waals surface area contributed by atoms with E-state index in [1.54, 1.807) is 4.85 Å². The van der Waals surface area contributed by atoms with E-state index in [1.165, 1.54) is 49.3 Å². The maximum Gasteiger partial charge on any atom is 0.321 e. The first-order valence-corrected chi connectivity index (χ1v) is 13.6. The number of para-hydroxylation sites is 1. The van der Waals surface area contributed by atoms with Gasteiger partial charge in [-0.05, 0) is 97.1 Å². The highest BCUT2D eigenvalue weighted by Gasteiger charge is 2.56. The Hall–Kier alpha value is -3.49. The zero-order valence-electron chi connectivity index (χ0n) is 21.2. The second kappa shape index (κ2) is 8.94. The van der Waals surface area contributed by atoms with Crippen LogP contribution in [0.3, 0.4) is 0 Å².